The van der Waals surface area contributed by atoms with Gasteiger partial charge in [-0.25, -0.2) is 9.78 Å². The first kappa shape index (κ1) is 10.2. The highest BCUT2D eigenvalue weighted by molar-refractivity contribution is 8.93. The van der Waals surface area contributed by atoms with Crippen LogP contribution < -0.4 is 0 Å². The van der Waals surface area contributed by atoms with Crippen molar-refractivity contribution in [1.82, 2.24) is 9.55 Å². The largest absolute Gasteiger partial charge is 0.480 e. The van der Waals surface area contributed by atoms with Gasteiger partial charge in [0.15, 0.2) is 0 Å². The van der Waals surface area contributed by atoms with Crippen molar-refractivity contribution in [3.63, 3.8) is 0 Å². The molecule has 1 aromatic heterocycles. The van der Waals surface area contributed by atoms with Gasteiger partial charge in [-0.15, -0.1) is 17.0 Å². The number of aromatic nitrogens is 2. The second kappa shape index (κ2) is 4.12. The Hall–Kier alpha value is -0.840. The first-order chi connectivity index (χ1) is 4.72. The molecule has 0 fully saturated rings. The summed E-state index contributed by atoms with van der Waals surface area (Å²) >= 11 is 0. The van der Waals surface area contributed by atoms with Crippen LogP contribution in [0.1, 0.15) is 13.0 Å². The van der Waals surface area contributed by atoms with E-state index >= 15 is 0 Å². The van der Waals surface area contributed by atoms with E-state index in [1.165, 1.54) is 10.9 Å². The zero-order valence-electron chi connectivity index (χ0n) is 5.97. The van der Waals surface area contributed by atoms with Crippen LogP contribution in [0.3, 0.4) is 0 Å². The van der Waals surface area contributed by atoms with Gasteiger partial charge in [0.05, 0.1) is 6.33 Å². The van der Waals surface area contributed by atoms with Gasteiger partial charge in [-0.05, 0) is 6.92 Å². The molecule has 0 aliphatic carbocycles. The minimum absolute atomic E-state index is 0. The molecule has 5 heteroatoms. The van der Waals surface area contributed by atoms with Crippen molar-refractivity contribution in [3.05, 3.63) is 18.7 Å². The zero-order chi connectivity index (χ0) is 7.56. The van der Waals surface area contributed by atoms with E-state index in [2.05, 4.69) is 4.98 Å². The Labute approximate surface area is 74.6 Å². The summed E-state index contributed by atoms with van der Waals surface area (Å²) in [5, 5.41) is 8.51. The van der Waals surface area contributed by atoms with Gasteiger partial charge in [0.1, 0.15) is 6.04 Å². The summed E-state index contributed by atoms with van der Waals surface area (Å²) in [5.74, 6) is -0.849. The number of nitrogens with zero attached hydrogens (tertiary/aromatic N) is 2. The van der Waals surface area contributed by atoms with Gasteiger partial charge in [-0.1, -0.05) is 0 Å². The molecule has 1 rings (SSSR count). The molecule has 0 bridgehead atoms. The molecule has 0 aliphatic rings. The van der Waals surface area contributed by atoms with Crippen LogP contribution in [0.4, 0.5) is 0 Å². The van der Waals surface area contributed by atoms with Gasteiger partial charge >= 0.3 is 5.97 Å². The van der Waals surface area contributed by atoms with Crippen molar-refractivity contribution in [2.45, 2.75) is 13.0 Å². The molecule has 1 unspecified atom stereocenters. The Morgan fingerprint density at radius 3 is 2.73 bits per heavy atom. The molecule has 0 spiro atoms. The predicted molar refractivity (Wildman–Crippen MR) is 44.9 cm³/mol. The maximum absolute atomic E-state index is 10.3. The standard InChI is InChI=1S/C6H8N2O2.BrH/c1-5(6(9)10)8-3-2-7-4-8;/h2-5H,1H3,(H,9,10);1H. The smallest absolute Gasteiger partial charge is 0.326 e. The van der Waals surface area contributed by atoms with Crippen LogP contribution in [-0.4, -0.2) is 20.6 Å². The van der Waals surface area contributed by atoms with E-state index in [1.54, 1.807) is 19.3 Å². The molecule has 1 atom stereocenters. The quantitative estimate of drug-likeness (QED) is 0.813. The van der Waals surface area contributed by atoms with Crippen LogP contribution in [0, 0.1) is 0 Å². The van der Waals surface area contributed by atoms with Crippen molar-refractivity contribution < 1.29 is 9.90 Å². The average molecular weight is 221 g/mol. The lowest BCUT2D eigenvalue weighted by Gasteiger charge is -2.05. The summed E-state index contributed by atoms with van der Waals surface area (Å²) in [6.07, 6.45) is 4.66. The van der Waals surface area contributed by atoms with Crippen LogP contribution in [0.25, 0.3) is 0 Å². The molecule has 1 N–H and O–H groups in total. The SMILES string of the molecule is Br.CC(C(=O)O)n1ccnc1. The van der Waals surface area contributed by atoms with Crippen LogP contribution >= 0.6 is 17.0 Å². The van der Waals surface area contributed by atoms with Gasteiger partial charge in [-0.2, -0.15) is 0 Å². The molecule has 0 aliphatic heterocycles. The van der Waals surface area contributed by atoms with Crippen molar-refractivity contribution in [2.24, 2.45) is 0 Å². The summed E-state index contributed by atoms with van der Waals surface area (Å²) in [7, 11) is 0. The van der Waals surface area contributed by atoms with E-state index in [9.17, 15) is 4.79 Å². The predicted octanol–water partition coefficient (Wildman–Crippen LogP) is 1.11. The number of carboxylic acids is 1. The molecule has 62 valence electrons. The van der Waals surface area contributed by atoms with Crippen molar-refractivity contribution in [3.8, 4) is 0 Å². The van der Waals surface area contributed by atoms with E-state index < -0.39 is 12.0 Å². The van der Waals surface area contributed by atoms with E-state index in [-0.39, 0.29) is 17.0 Å². The number of halogens is 1. The van der Waals surface area contributed by atoms with E-state index in [0.29, 0.717) is 0 Å². The molecule has 0 saturated carbocycles. The highest BCUT2D eigenvalue weighted by Crippen LogP contribution is 2.02. The fourth-order valence-electron chi connectivity index (χ4n) is 0.626. The maximum atomic E-state index is 10.3. The lowest BCUT2D eigenvalue weighted by molar-refractivity contribution is -0.140. The average Bonchev–Trinajstić information content (AvgIpc) is 2.36. The Morgan fingerprint density at radius 2 is 2.36 bits per heavy atom. The van der Waals surface area contributed by atoms with Crippen LogP contribution in [0.5, 0.6) is 0 Å². The molecular weight excluding hydrogens is 212 g/mol. The normalized spacial score (nSPS) is 11.7. The zero-order valence-corrected chi connectivity index (χ0v) is 7.68. The molecule has 0 aromatic carbocycles. The summed E-state index contributed by atoms with van der Waals surface area (Å²) in [6.45, 7) is 1.60. The van der Waals surface area contributed by atoms with Crippen LogP contribution in [-0.2, 0) is 4.79 Å². The number of rotatable bonds is 2. The number of imidazole rings is 1. The lowest BCUT2D eigenvalue weighted by Crippen LogP contribution is -2.13. The first-order valence-electron chi connectivity index (χ1n) is 2.92. The second-order valence-electron chi connectivity index (χ2n) is 2.02. The molecule has 4 nitrogen and oxygen atoms in total. The van der Waals surface area contributed by atoms with E-state index in [1.807, 2.05) is 0 Å². The highest BCUT2D eigenvalue weighted by atomic mass is 79.9. The summed E-state index contributed by atoms with van der Waals surface area (Å²) < 4.78 is 1.53. The third-order valence-corrected chi connectivity index (χ3v) is 1.33. The highest BCUT2D eigenvalue weighted by Gasteiger charge is 2.10. The Morgan fingerprint density at radius 1 is 1.73 bits per heavy atom. The fraction of sp³-hybridized carbons (Fsp3) is 0.333. The minimum atomic E-state index is -0.849. The maximum Gasteiger partial charge on any atom is 0.326 e. The van der Waals surface area contributed by atoms with Crippen molar-refractivity contribution >= 4 is 23.0 Å². The molecule has 1 aromatic rings. The van der Waals surface area contributed by atoms with Gasteiger partial charge in [-0.3, -0.25) is 0 Å². The Balaban J connectivity index is 0.000001000. The van der Waals surface area contributed by atoms with Crippen LogP contribution in [0.15, 0.2) is 18.7 Å². The Kier molecular flexibility index (Phi) is 3.81. The fourth-order valence-corrected chi connectivity index (χ4v) is 0.626. The molecule has 0 saturated heterocycles. The monoisotopic (exact) mass is 220 g/mol. The molecule has 0 amide bonds. The number of aliphatic carboxylic acids is 1. The number of carboxylic acid groups (broad SMARTS) is 1. The summed E-state index contributed by atoms with van der Waals surface area (Å²) in [4.78, 5) is 14.1. The van der Waals surface area contributed by atoms with E-state index in [0.717, 1.165) is 0 Å². The second-order valence-corrected chi connectivity index (χ2v) is 2.02. The molecular formula is C6H9BrN2O2. The molecule has 1 heterocycles. The van der Waals surface area contributed by atoms with Crippen molar-refractivity contribution in [1.29, 1.82) is 0 Å². The summed E-state index contributed by atoms with van der Waals surface area (Å²) in [5.41, 5.74) is 0. The number of hydrogen-bond donors (Lipinski definition) is 1. The first-order valence-corrected chi connectivity index (χ1v) is 2.92. The van der Waals surface area contributed by atoms with Gasteiger partial charge < -0.3 is 9.67 Å². The third kappa shape index (κ3) is 2.34. The minimum Gasteiger partial charge on any atom is -0.480 e. The molecule has 11 heavy (non-hydrogen) atoms. The number of hydrogen-bond acceptors (Lipinski definition) is 2. The van der Waals surface area contributed by atoms with E-state index in [4.69, 9.17) is 5.11 Å². The lowest BCUT2D eigenvalue weighted by atomic mass is 10.3. The third-order valence-electron chi connectivity index (χ3n) is 1.33. The molecule has 0 radical (unpaired) electrons. The topological polar surface area (TPSA) is 55.1 Å². The van der Waals surface area contributed by atoms with Gasteiger partial charge in [0.2, 0.25) is 0 Å². The Bertz CT molecular complexity index is 222. The van der Waals surface area contributed by atoms with Gasteiger partial charge in [0, 0.05) is 12.4 Å². The number of carbonyl (C=O) groups is 1. The summed E-state index contributed by atoms with van der Waals surface area (Å²) in [6, 6.07) is -0.525. The van der Waals surface area contributed by atoms with Crippen molar-refractivity contribution in [2.75, 3.05) is 0 Å². The van der Waals surface area contributed by atoms with Crippen LogP contribution in [0.2, 0.25) is 0 Å². The van der Waals surface area contributed by atoms with Gasteiger partial charge in [0.25, 0.3) is 0 Å².